The van der Waals surface area contributed by atoms with E-state index >= 15 is 0 Å². The summed E-state index contributed by atoms with van der Waals surface area (Å²) in [5.41, 5.74) is 4.17. The number of H-pyrrole nitrogens is 2. The monoisotopic (exact) mass is 558 g/mol. The Labute approximate surface area is 247 Å². The number of benzene rings is 4. The largest absolute Gasteiger partial charge is 0.358 e. The molecule has 0 atom stereocenters. The fourth-order valence-electron chi connectivity index (χ4n) is 6.67. The maximum atomic E-state index is 12.6. The Hall–Kier alpha value is -3.92. The van der Waals surface area contributed by atoms with Gasteiger partial charge in [0.25, 0.3) is 0 Å². The molecule has 6 rings (SSSR count). The molecule has 0 spiro atoms. The van der Waals surface area contributed by atoms with Gasteiger partial charge in [-0.3, -0.25) is 9.59 Å². The lowest BCUT2D eigenvalue weighted by atomic mass is 9.94. The molecular weight excluding hydrogens is 516 g/mol. The number of aromatic nitrogens is 2. The maximum absolute atomic E-state index is 12.6. The highest BCUT2D eigenvalue weighted by atomic mass is 16.1. The van der Waals surface area contributed by atoms with Crippen molar-refractivity contribution in [3.63, 3.8) is 0 Å². The highest BCUT2D eigenvalue weighted by Crippen LogP contribution is 2.37. The third-order valence-electron chi connectivity index (χ3n) is 8.90. The van der Waals surface area contributed by atoms with E-state index in [-0.39, 0.29) is 0 Å². The number of fused-ring (bicyclic) bond motifs is 9. The van der Waals surface area contributed by atoms with Gasteiger partial charge in [0.05, 0.1) is 0 Å². The van der Waals surface area contributed by atoms with Crippen molar-refractivity contribution in [3.8, 4) is 0 Å². The van der Waals surface area contributed by atoms with Crippen LogP contribution in [0.3, 0.4) is 0 Å². The van der Waals surface area contributed by atoms with E-state index in [9.17, 15) is 9.59 Å². The number of nitrogens with one attached hydrogen (secondary N) is 2. The maximum Gasteiger partial charge on any atom is 0.138 e. The summed E-state index contributed by atoms with van der Waals surface area (Å²) in [4.78, 5) is 32.2. The quantitative estimate of drug-likeness (QED) is 0.103. The standard InChI is InChI=1S/C38H42N2O2/c1-3-5-7-9-11-27(41)21-25-23-35-33-15-13-30-29(31(33)17-19-37(35)39-25)14-16-34-32(30)18-20-38-36(34)24-26(40-38)22-28(42)12-10-8-6-4-2/h13-20,23-24,39-40H,3-12,21-22H2,1-2H3. The zero-order valence-corrected chi connectivity index (χ0v) is 25.1. The molecule has 0 bridgehead atoms. The van der Waals surface area contributed by atoms with Crippen molar-refractivity contribution in [1.82, 2.24) is 9.97 Å². The van der Waals surface area contributed by atoms with Crippen molar-refractivity contribution in [1.29, 1.82) is 0 Å². The van der Waals surface area contributed by atoms with Gasteiger partial charge in [0.1, 0.15) is 11.6 Å². The Morgan fingerprint density at radius 1 is 0.476 bits per heavy atom. The summed E-state index contributed by atoms with van der Waals surface area (Å²) < 4.78 is 0. The minimum atomic E-state index is 0.314. The van der Waals surface area contributed by atoms with E-state index in [1.807, 2.05) is 0 Å². The van der Waals surface area contributed by atoms with Gasteiger partial charge in [0.15, 0.2) is 0 Å². The molecule has 0 saturated heterocycles. The molecule has 0 aliphatic carbocycles. The number of rotatable bonds is 14. The van der Waals surface area contributed by atoms with Crippen LogP contribution in [0.1, 0.15) is 89.4 Å². The molecule has 6 aromatic rings. The average molecular weight is 559 g/mol. The van der Waals surface area contributed by atoms with Crippen LogP contribution in [-0.2, 0) is 22.4 Å². The normalized spacial score (nSPS) is 12.0. The molecule has 4 nitrogen and oxygen atoms in total. The summed E-state index contributed by atoms with van der Waals surface area (Å²) in [6.45, 7) is 4.39. The Balaban J connectivity index is 1.29. The van der Waals surface area contributed by atoms with E-state index in [4.69, 9.17) is 0 Å². The van der Waals surface area contributed by atoms with E-state index in [0.717, 1.165) is 48.1 Å². The van der Waals surface area contributed by atoms with E-state index in [0.29, 0.717) is 37.2 Å². The Bertz CT molecular complexity index is 1770. The van der Waals surface area contributed by atoms with Gasteiger partial charge in [-0.1, -0.05) is 88.8 Å². The summed E-state index contributed by atoms with van der Waals surface area (Å²) in [7, 11) is 0. The average Bonchev–Trinajstić information content (AvgIpc) is 3.60. The Morgan fingerprint density at radius 2 is 0.833 bits per heavy atom. The van der Waals surface area contributed by atoms with E-state index in [2.05, 4.69) is 84.5 Å². The summed E-state index contributed by atoms with van der Waals surface area (Å²) in [5.74, 6) is 0.629. The first-order chi connectivity index (χ1) is 20.6. The van der Waals surface area contributed by atoms with Gasteiger partial charge >= 0.3 is 0 Å². The molecule has 4 heteroatoms. The predicted octanol–water partition coefficient (Wildman–Crippen LogP) is 10.3. The number of carbonyl (C=O) groups excluding carboxylic acids is 2. The van der Waals surface area contributed by atoms with Gasteiger partial charge in [-0.25, -0.2) is 0 Å². The summed E-state index contributed by atoms with van der Waals surface area (Å²) >= 11 is 0. The van der Waals surface area contributed by atoms with Crippen molar-refractivity contribution < 1.29 is 9.59 Å². The second-order valence-electron chi connectivity index (χ2n) is 12.1. The molecule has 0 aliphatic rings. The number of hydrogen-bond acceptors (Lipinski definition) is 2. The van der Waals surface area contributed by atoms with Crippen molar-refractivity contribution in [3.05, 3.63) is 72.1 Å². The van der Waals surface area contributed by atoms with Gasteiger partial charge in [-0.15, -0.1) is 0 Å². The number of unbranched alkanes of at least 4 members (excludes halogenated alkanes) is 6. The lowest BCUT2D eigenvalue weighted by Crippen LogP contribution is -2.02. The first-order valence-electron chi connectivity index (χ1n) is 16.0. The SMILES string of the molecule is CCCCCCC(=O)Cc1cc2c(ccc3c2ccc2c4ccc5[nH]c(CC(=O)CCCCCC)cc5c4ccc32)[nH]1. The molecule has 0 amide bonds. The van der Waals surface area contributed by atoms with Crippen LogP contribution in [0, 0.1) is 0 Å². The molecule has 0 saturated carbocycles. The minimum Gasteiger partial charge on any atom is -0.358 e. The molecule has 0 aliphatic heterocycles. The molecule has 216 valence electrons. The van der Waals surface area contributed by atoms with Crippen molar-refractivity contribution in [2.24, 2.45) is 0 Å². The van der Waals surface area contributed by atoms with Gasteiger partial charge in [0.2, 0.25) is 0 Å². The third-order valence-corrected chi connectivity index (χ3v) is 8.90. The van der Waals surface area contributed by atoms with Crippen molar-refractivity contribution in [2.45, 2.75) is 90.9 Å². The smallest absolute Gasteiger partial charge is 0.138 e. The number of carbonyl (C=O) groups is 2. The van der Waals surface area contributed by atoms with Crippen molar-refractivity contribution >= 4 is 65.7 Å². The molecule has 0 fully saturated rings. The molecular formula is C38H42N2O2. The lowest BCUT2D eigenvalue weighted by molar-refractivity contribution is -0.119. The van der Waals surface area contributed by atoms with Crippen LogP contribution in [0.2, 0.25) is 0 Å². The first-order valence-corrected chi connectivity index (χ1v) is 16.0. The number of ketones is 2. The summed E-state index contributed by atoms with van der Waals surface area (Å²) in [6.07, 6.45) is 11.3. The van der Waals surface area contributed by atoms with Crippen LogP contribution in [0.15, 0.2) is 60.7 Å². The van der Waals surface area contributed by atoms with Gasteiger partial charge < -0.3 is 9.97 Å². The fourth-order valence-corrected chi connectivity index (χ4v) is 6.67. The topological polar surface area (TPSA) is 65.7 Å². The zero-order chi connectivity index (χ0) is 29.1. The van der Waals surface area contributed by atoms with Crippen LogP contribution in [0.25, 0.3) is 54.1 Å². The molecule has 0 radical (unpaired) electrons. The van der Waals surface area contributed by atoms with Crippen LogP contribution in [0.4, 0.5) is 0 Å². The predicted molar refractivity (Wildman–Crippen MR) is 178 cm³/mol. The summed E-state index contributed by atoms with van der Waals surface area (Å²) in [6, 6.07) is 22.0. The van der Waals surface area contributed by atoms with Crippen LogP contribution in [0.5, 0.6) is 0 Å². The highest BCUT2D eigenvalue weighted by molar-refractivity contribution is 6.24. The van der Waals surface area contributed by atoms with Gasteiger partial charge in [-0.2, -0.15) is 0 Å². The number of aromatic amines is 2. The summed E-state index contributed by atoms with van der Waals surface area (Å²) in [5, 5.41) is 9.67. The Kier molecular flexibility index (Phi) is 8.41. The Morgan fingerprint density at radius 3 is 1.21 bits per heavy atom. The van der Waals surface area contributed by atoms with Gasteiger partial charge in [-0.05, 0) is 69.4 Å². The van der Waals surface area contributed by atoms with E-state index in [1.54, 1.807) is 0 Å². The minimum absolute atomic E-state index is 0.314. The third kappa shape index (κ3) is 5.72. The number of hydrogen-bond donors (Lipinski definition) is 2. The van der Waals surface area contributed by atoms with Crippen LogP contribution < -0.4 is 0 Å². The van der Waals surface area contributed by atoms with Crippen LogP contribution in [-0.4, -0.2) is 21.5 Å². The molecule has 0 unspecified atom stereocenters. The highest BCUT2D eigenvalue weighted by Gasteiger charge is 2.14. The van der Waals surface area contributed by atoms with Crippen LogP contribution >= 0.6 is 0 Å². The zero-order valence-electron chi connectivity index (χ0n) is 25.1. The number of Topliss-reactive ketones (excluding diaryl/α,β-unsaturated/α-hetero) is 2. The first kappa shape index (κ1) is 28.2. The molecule has 2 heterocycles. The lowest BCUT2D eigenvalue weighted by Gasteiger charge is -2.09. The van der Waals surface area contributed by atoms with E-state index in [1.165, 1.54) is 68.8 Å². The molecule has 4 aromatic carbocycles. The molecule has 42 heavy (non-hydrogen) atoms. The second kappa shape index (κ2) is 12.5. The van der Waals surface area contributed by atoms with E-state index < -0.39 is 0 Å². The molecule has 2 aromatic heterocycles. The van der Waals surface area contributed by atoms with Crippen molar-refractivity contribution in [2.75, 3.05) is 0 Å². The molecule has 2 N–H and O–H groups in total. The van der Waals surface area contributed by atoms with Gasteiger partial charge in [0, 0.05) is 58.9 Å². The fraction of sp³-hybridized carbons (Fsp3) is 0.368. The second-order valence-corrected chi connectivity index (χ2v) is 12.1.